The smallest absolute Gasteiger partial charge is 0.335 e. The average molecular weight is 391 g/mol. The van der Waals surface area contributed by atoms with E-state index in [0.717, 1.165) is 5.56 Å². The highest BCUT2D eigenvalue weighted by atomic mass is 32.2. The third-order valence-corrected chi connectivity index (χ3v) is 5.22. The zero-order valence-corrected chi connectivity index (χ0v) is 15.3. The van der Waals surface area contributed by atoms with Crippen LogP contribution in [0, 0.1) is 0 Å². The summed E-state index contributed by atoms with van der Waals surface area (Å²) in [5.74, 6) is 0.325. The van der Waals surface area contributed by atoms with Crippen molar-refractivity contribution >= 4 is 17.7 Å². The van der Waals surface area contributed by atoms with Crippen LogP contribution in [-0.2, 0) is 6.42 Å². The molecule has 3 atom stereocenters. The lowest BCUT2D eigenvalue weighted by atomic mass is 10.1. The second-order valence-electron chi connectivity index (χ2n) is 6.01. The first kappa shape index (κ1) is 19.5. The van der Waals surface area contributed by atoms with E-state index in [1.165, 1.54) is 23.9 Å². The summed E-state index contributed by atoms with van der Waals surface area (Å²) in [5, 5.41) is 30.7. The van der Waals surface area contributed by atoms with Crippen molar-refractivity contribution in [3.05, 3.63) is 59.7 Å². The second kappa shape index (κ2) is 9.09. The summed E-state index contributed by atoms with van der Waals surface area (Å²) in [5.41, 5.74) is 0.532. The van der Waals surface area contributed by atoms with Gasteiger partial charge >= 0.3 is 5.97 Å². The van der Waals surface area contributed by atoms with Gasteiger partial charge in [-0.05, 0) is 48.4 Å². The van der Waals surface area contributed by atoms with Crippen LogP contribution in [0.2, 0.25) is 0 Å². The maximum atomic E-state index is 10.8. The molecule has 0 aromatic heterocycles. The fourth-order valence-electron chi connectivity index (χ4n) is 2.66. The summed E-state index contributed by atoms with van der Waals surface area (Å²) in [4.78, 5) is 10.8. The molecule has 2 aromatic carbocycles. The molecule has 1 saturated heterocycles. The zero-order valence-electron chi connectivity index (χ0n) is 14.4. The van der Waals surface area contributed by atoms with E-state index in [1.54, 1.807) is 12.1 Å². The molecule has 0 radical (unpaired) electrons. The number of rotatable bonds is 8. The van der Waals surface area contributed by atoms with Crippen LogP contribution in [0.1, 0.15) is 15.9 Å². The van der Waals surface area contributed by atoms with Crippen LogP contribution in [-0.4, -0.2) is 51.5 Å². The van der Waals surface area contributed by atoms with E-state index >= 15 is 0 Å². The molecule has 0 bridgehead atoms. The predicted molar refractivity (Wildman–Crippen MR) is 101 cm³/mol. The Balaban J connectivity index is 1.40. The van der Waals surface area contributed by atoms with Crippen molar-refractivity contribution in [3.8, 4) is 11.5 Å². The third kappa shape index (κ3) is 5.61. The van der Waals surface area contributed by atoms with Gasteiger partial charge < -0.3 is 24.8 Å². The standard InChI is InChI=1S/C19H21NO6S/c21-17-16(27-19(24)20-17)11-12-1-5-14(6-2-12)25-9-10-26-15-7-3-13(4-8-15)18(22)23/h1-8,16-17,19-21,24H,9-11H2,(H,22,23). The molecule has 7 nitrogen and oxygen atoms in total. The molecule has 27 heavy (non-hydrogen) atoms. The molecule has 8 heteroatoms. The highest BCUT2D eigenvalue weighted by Crippen LogP contribution is 2.28. The number of hydrogen-bond donors (Lipinski definition) is 4. The summed E-state index contributed by atoms with van der Waals surface area (Å²) in [6.45, 7) is 0.690. The molecule has 3 unspecified atom stereocenters. The number of aromatic carboxylic acids is 1. The molecular weight excluding hydrogens is 370 g/mol. The molecular formula is C19H21NO6S. The Morgan fingerprint density at radius 1 is 0.963 bits per heavy atom. The summed E-state index contributed by atoms with van der Waals surface area (Å²) in [7, 11) is 0. The first-order chi connectivity index (χ1) is 13.0. The molecule has 0 spiro atoms. The lowest BCUT2D eigenvalue weighted by Gasteiger charge is -2.13. The van der Waals surface area contributed by atoms with Gasteiger partial charge in [0.25, 0.3) is 0 Å². The van der Waals surface area contributed by atoms with Crippen LogP contribution in [0.3, 0.4) is 0 Å². The molecule has 1 heterocycles. The lowest BCUT2D eigenvalue weighted by molar-refractivity contribution is 0.0696. The van der Waals surface area contributed by atoms with Crippen molar-refractivity contribution in [2.24, 2.45) is 0 Å². The van der Waals surface area contributed by atoms with Crippen molar-refractivity contribution in [2.75, 3.05) is 13.2 Å². The van der Waals surface area contributed by atoms with Crippen LogP contribution in [0.15, 0.2) is 48.5 Å². The quantitative estimate of drug-likeness (QED) is 0.504. The lowest BCUT2D eigenvalue weighted by Crippen LogP contribution is -2.33. The number of benzene rings is 2. The molecule has 1 aliphatic heterocycles. The fourth-order valence-corrected chi connectivity index (χ4v) is 3.72. The molecule has 0 saturated carbocycles. The number of thioether (sulfide) groups is 1. The van der Waals surface area contributed by atoms with Gasteiger partial charge in [-0.3, -0.25) is 5.32 Å². The number of aliphatic hydroxyl groups excluding tert-OH is 2. The molecule has 0 aliphatic carbocycles. The summed E-state index contributed by atoms with van der Waals surface area (Å²) >= 11 is 1.30. The maximum absolute atomic E-state index is 10.8. The number of carboxylic acids is 1. The average Bonchev–Trinajstić information content (AvgIpc) is 2.97. The highest BCUT2D eigenvalue weighted by Gasteiger charge is 2.31. The van der Waals surface area contributed by atoms with E-state index < -0.39 is 17.8 Å². The highest BCUT2D eigenvalue weighted by molar-refractivity contribution is 8.00. The van der Waals surface area contributed by atoms with Gasteiger partial charge in [0.15, 0.2) is 5.56 Å². The van der Waals surface area contributed by atoms with E-state index in [4.69, 9.17) is 14.6 Å². The largest absolute Gasteiger partial charge is 0.490 e. The molecule has 4 N–H and O–H groups in total. The van der Waals surface area contributed by atoms with Gasteiger partial charge in [0, 0.05) is 0 Å². The number of hydrogen-bond acceptors (Lipinski definition) is 7. The van der Waals surface area contributed by atoms with Crippen molar-refractivity contribution in [1.29, 1.82) is 0 Å². The van der Waals surface area contributed by atoms with Gasteiger partial charge in [-0.15, -0.1) is 11.8 Å². The Morgan fingerprint density at radius 3 is 2.00 bits per heavy atom. The monoisotopic (exact) mass is 391 g/mol. The Bertz CT molecular complexity index is 752. The van der Waals surface area contributed by atoms with Crippen molar-refractivity contribution in [2.45, 2.75) is 23.5 Å². The van der Waals surface area contributed by atoms with Crippen LogP contribution in [0.5, 0.6) is 11.5 Å². The first-order valence-electron chi connectivity index (χ1n) is 8.47. The van der Waals surface area contributed by atoms with Crippen molar-refractivity contribution < 1.29 is 29.6 Å². The van der Waals surface area contributed by atoms with Crippen LogP contribution < -0.4 is 14.8 Å². The van der Waals surface area contributed by atoms with Gasteiger partial charge in [0.2, 0.25) is 0 Å². The summed E-state index contributed by atoms with van der Waals surface area (Å²) < 4.78 is 11.1. The maximum Gasteiger partial charge on any atom is 0.335 e. The van der Waals surface area contributed by atoms with Crippen LogP contribution in [0.4, 0.5) is 0 Å². The minimum absolute atomic E-state index is 0.0901. The van der Waals surface area contributed by atoms with E-state index in [1.807, 2.05) is 24.3 Å². The minimum Gasteiger partial charge on any atom is -0.490 e. The number of nitrogens with one attached hydrogen (secondary N) is 1. The molecule has 3 rings (SSSR count). The summed E-state index contributed by atoms with van der Waals surface area (Å²) in [6.07, 6.45) is -0.0753. The van der Waals surface area contributed by atoms with Crippen LogP contribution >= 0.6 is 11.8 Å². The fraction of sp³-hybridized carbons (Fsp3) is 0.316. The molecule has 144 valence electrons. The number of aliphatic hydroxyl groups is 2. The Kier molecular flexibility index (Phi) is 6.57. The van der Waals surface area contributed by atoms with E-state index in [0.29, 0.717) is 31.1 Å². The molecule has 2 aromatic rings. The second-order valence-corrected chi connectivity index (χ2v) is 7.34. The Labute approximate surface area is 160 Å². The molecule has 0 amide bonds. The Hall–Kier alpha value is -2.26. The zero-order chi connectivity index (χ0) is 19.2. The molecule has 1 aliphatic rings. The number of ether oxygens (including phenoxy) is 2. The van der Waals surface area contributed by atoms with E-state index in [-0.39, 0.29) is 10.8 Å². The molecule has 1 fully saturated rings. The van der Waals surface area contributed by atoms with Crippen molar-refractivity contribution in [1.82, 2.24) is 5.32 Å². The van der Waals surface area contributed by atoms with Gasteiger partial charge in [0.05, 0.1) is 10.8 Å². The van der Waals surface area contributed by atoms with Gasteiger partial charge in [-0.25, -0.2) is 4.79 Å². The van der Waals surface area contributed by atoms with Gasteiger partial charge in [-0.1, -0.05) is 12.1 Å². The van der Waals surface area contributed by atoms with Crippen molar-refractivity contribution in [3.63, 3.8) is 0 Å². The topological polar surface area (TPSA) is 108 Å². The minimum atomic E-state index is -0.971. The first-order valence-corrected chi connectivity index (χ1v) is 9.41. The Morgan fingerprint density at radius 2 is 1.52 bits per heavy atom. The third-order valence-electron chi connectivity index (χ3n) is 4.05. The van der Waals surface area contributed by atoms with E-state index in [2.05, 4.69) is 5.32 Å². The van der Waals surface area contributed by atoms with E-state index in [9.17, 15) is 15.0 Å². The number of carbonyl (C=O) groups is 1. The van der Waals surface area contributed by atoms with Gasteiger partial charge in [0.1, 0.15) is 30.9 Å². The van der Waals surface area contributed by atoms with Crippen LogP contribution in [0.25, 0.3) is 0 Å². The number of carboxylic acid groups (broad SMARTS) is 1. The van der Waals surface area contributed by atoms with Gasteiger partial charge in [-0.2, -0.15) is 0 Å². The summed E-state index contributed by atoms with van der Waals surface area (Å²) in [6, 6.07) is 13.8. The SMILES string of the molecule is O=C(O)c1ccc(OCCOc2ccc(CC3SC(O)NC3O)cc2)cc1. The normalized spacial score (nSPS) is 21.8. The predicted octanol–water partition coefficient (Wildman–Crippen LogP) is 1.68.